The van der Waals surface area contributed by atoms with Crippen molar-refractivity contribution in [2.45, 2.75) is 18.8 Å². The Labute approximate surface area is 187 Å². The van der Waals surface area contributed by atoms with Crippen molar-refractivity contribution in [1.29, 1.82) is 0 Å². The molecule has 164 valence electrons. The van der Waals surface area contributed by atoms with E-state index in [2.05, 4.69) is 16.4 Å². The van der Waals surface area contributed by atoms with Gasteiger partial charge in [0.05, 0.1) is 6.26 Å². The molecule has 0 radical (unpaired) electrons. The summed E-state index contributed by atoms with van der Waals surface area (Å²) in [7, 11) is -3.21. The number of piperidine rings is 1. The van der Waals surface area contributed by atoms with Crippen LogP contribution in [-0.4, -0.2) is 49.5 Å². The number of aromatic nitrogens is 1. The third kappa shape index (κ3) is 4.79. The zero-order valence-corrected chi connectivity index (χ0v) is 18.9. The number of benzene rings is 2. The molecule has 0 unspecified atom stereocenters. The SMILES string of the molecule is CS(=O)(=O)N1CCC(C(=O)NC[C@@H](c2ccccc2Cl)c2c[nH]c3ccccc23)CC1. The number of rotatable bonds is 6. The Balaban J connectivity index is 1.53. The number of halogens is 1. The number of H-pyrrole nitrogens is 1. The van der Waals surface area contributed by atoms with Crippen molar-refractivity contribution in [2.24, 2.45) is 5.92 Å². The van der Waals surface area contributed by atoms with E-state index >= 15 is 0 Å². The number of hydrogen-bond donors (Lipinski definition) is 2. The number of aromatic amines is 1. The van der Waals surface area contributed by atoms with Crippen molar-refractivity contribution >= 4 is 38.4 Å². The summed E-state index contributed by atoms with van der Waals surface area (Å²) < 4.78 is 24.9. The van der Waals surface area contributed by atoms with Gasteiger partial charge in [-0.25, -0.2) is 12.7 Å². The molecule has 1 aliphatic rings. The summed E-state index contributed by atoms with van der Waals surface area (Å²) in [4.78, 5) is 16.2. The van der Waals surface area contributed by atoms with Crippen LogP contribution >= 0.6 is 11.6 Å². The normalized spacial score (nSPS) is 17.0. The molecule has 1 aromatic heterocycles. The van der Waals surface area contributed by atoms with Gasteiger partial charge in [0.15, 0.2) is 0 Å². The zero-order chi connectivity index (χ0) is 22.0. The first-order chi connectivity index (χ1) is 14.8. The third-order valence-corrected chi connectivity index (χ3v) is 7.70. The van der Waals surface area contributed by atoms with E-state index in [4.69, 9.17) is 11.6 Å². The summed E-state index contributed by atoms with van der Waals surface area (Å²) in [5.74, 6) is -0.331. The monoisotopic (exact) mass is 459 g/mol. The summed E-state index contributed by atoms with van der Waals surface area (Å²) in [5.41, 5.74) is 3.08. The first kappa shape index (κ1) is 21.9. The molecule has 0 bridgehead atoms. The molecule has 1 aliphatic heterocycles. The number of fused-ring (bicyclic) bond motifs is 1. The van der Waals surface area contributed by atoms with Gasteiger partial charge in [0.25, 0.3) is 0 Å². The Morgan fingerprint density at radius 1 is 1.13 bits per heavy atom. The highest BCUT2D eigenvalue weighted by molar-refractivity contribution is 7.88. The minimum atomic E-state index is -3.21. The molecule has 4 rings (SSSR count). The predicted molar refractivity (Wildman–Crippen MR) is 124 cm³/mol. The maximum absolute atomic E-state index is 12.9. The average molecular weight is 460 g/mol. The summed E-state index contributed by atoms with van der Waals surface area (Å²) in [6.45, 7) is 1.18. The lowest BCUT2D eigenvalue weighted by atomic mass is 9.90. The van der Waals surface area contributed by atoms with E-state index in [9.17, 15) is 13.2 Å². The maximum Gasteiger partial charge on any atom is 0.223 e. The van der Waals surface area contributed by atoms with Crippen LogP contribution in [0.2, 0.25) is 5.02 Å². The molecule has 1 atom stereocenters. The van der Waals surface area contributed by atoms with Gasteiger partial charge in [0.2, 0.25) is 15.9 Å². The lowest BCUT2D eigenvalue weighted by Crippen LogP contribution is -2.43. The van der Waals surface area contributed by atoms with E-state index in [1.807, 2.05) is 48.7 Å². The number of carbonyl (C=O) groups is 1. The first-order valence-electron chi connectivity index (χ1n) is 10.4. The third-order valence-electron chi connectivity index (χ3n) is 6.05. The fraction of sp³-hybridized carbons (Fsp3) is 0.348. The lowest BCUT2D eigenvalue weighted by molar-refractivity contribution is -0.126. The van der Waals surface area contributed by atoms with Gasteiger partial charge >= 0.3 is 0 Å². The van der Waals surface area contributed by atoms with E-state index < -0.39 is 10.0 Å². The molecule has 2 heterocycles. The van der Waals surface area contributed by atoms with Crippen LogP contribution in [0.4, 0.5) is 0 Å². The fourth-order valence-corrected chi connectivity index (χ4v) is 5.47. The smallest absolute Gasteiger partial charge is 0.223 e. The van der Waals surface area contributed by atoms with Crippen LogP contribution in [0.1, 0.15) is 29.9 Å². The molecule has 3 aromatic rings. The summed E-state index contributed by atoms with van der Waals surface area (Å²) >= 11 is 6.52. The number of nitrogens with zero attached hydrogens (tertiary/aromatic N) is 1. The van der Waals surface area contributed by atoms with Crippen LogP contribution in [0, 0.1) is 5.92 Å². The Bertz CT molecular complexity index is 1180. The fourth-order valence-electron chi connectivity index (χ4n) is 4.32. The molecule has 1 amide bonds. The van der Waals surface area contributed by atoms with E-state index in [1.165, 1.54) is 10.6 Å². The second-order valence-corrected chi connectivity index (χ2v) is 10.4. The van der Waals surface area contributed by atoms with Gasteiger partial charge in [-0.2, -0.15) is 0 Å². The van der Waals surface area contributed by atoms with E-state index in [1.54, 1.807) is 0 Å². The van der Waals surface area contributed by atoms with Gasteiger partial charge < -0.3 is 10.3 Å². The molecule has 6 nitrogen and oxygen atoms in total. The van der Waals surface area contributed by atoms with Gasteiger partial charge in [-0.05, 0) is 36.1 Å². The van der Waals surface area contributed by atoms with Gasteiger partial charge in [-0.1, -0.05) is 48.0 Å². The van der Waals surface area contributed by atoms with Crippen LogP contribution in [-0.2, 0) is 14.8 Å². The van der Waals surface area contributed by atoms with Crippen LogP contribution in [0.25, 0.3) is 10.9 Å². The van der Waals surface area contributed by atoms with Gasteiger partial charge in [-0.15, -0.1) is 0 Å². The highest BCUT2D eigenvalue weighted by Crippen LogP contribution is 2.34. The number of hydrogen-bond acceptors (Lipinski definition) is 3. The van der Waals surface area contributed by atoms with Crippen LogP contribution in [0.15, 0.2) is 54.7 Å². The maximum atomic E-state index is 12.9. The molecular weight excluding hydrogens is 434 g/mol. The highest BCUT2D eigenvalue weighted by atomic mass is 35.5. The standard InChI is InChI=1S/C23H26ClN3O3S/c1-31(29,30)27-12-10-16(11-13-27)23(28)26-15-19(17-6-2-4-8-21(17)24)20-14-25-22-9-5-3-7-18(20)22/h2-9,14,16,19,25H,10-13,15H2,1H3,(H,26,28)/t19-/m0/s1. The number of nitrogens with one attached hydrogen (secondary N) is 2. The average Bonchev–Trinajstić information content (AvgIpc) is 3.18. The van der Waals surface area contributed by atoms with E-state index in [0.717, 1.165) is 22.0 Å². The van der Waals surface area contributed by atoms with E-state index in [0.29, 0.717) is 37.5 Å². The van der Waals surface area contributed by atoms with Crippen molar-refractivity contribution in [1.82, 2.24) is 14.6 Å². The van der Waals surface area contributed by atoms with E-state index in [-0.39, 0.29) is 17.7 Å². The molecule has 0 aliphatic carbocycles. The second-order valence-electron chi connectivity index (χ2n) is 8.05. The van der Waals surface area contributed by atoms with Crippen LogP contribution < -0.4 is 5.32 Å². The lowest BCUT2D eigenvalue weighted by Gasteiger charge is -2.30. The first-order valence-corrected chi connectivity index (χ1v) is 12.6. The topological polar surface area (TPSA) is 82.3 Å². The molecule has 1 saturated heterocycles. The molecule has 0 saturated carbocycles. The molecule has 1 fully saturated rings. The molecule has 2 N–H and O–H groups in total. The largest absolute Gasteiger partial charge is 0.361 e. The number of amides is 1. The molecule has 0 spiro atoms. The number of carbonyl (C=O) groups excluding carboxylic acids is 1. The summed E-state index contributed by atoms with van der Waals surface area (Å²) in [6.07, 6.45) is 4.25. The summed E-state index contributed by atoms with van der Waals surface area (Å²) in [5, 5.41) is 4.87. The predicted octanol–water partition coefficient (Wildman–Crippen LogP) is 3.74. The Kier molecular flexibility index (Phi) is 6.36. The molecular formula is C23H26ClN3O3S. The van der Waals surface area contributed by atoms with Crippen LogP contribution in [0.5, 0.6) is 0 Å². The minimum Gasteiger partial charge on any atom is -0.361 e. The van der Waals surface area contributed by atoms with Crippen molar-refractivity contribution < 1.29 is 13.2 Å². The molecule has 2 aromatic carbocycles. The van der Waals surface area contributed by atoms with Gasteiger partial charge in [-0.3, -0.25) is 4.79 Å². The van der Waals surface area contributed by atoms with Gasteiger partial charge in [0.1, 0.15) is 0 Å². The van der Waals surface area contributed by atoms with Crippen molar-refractivity contribution in [3.05, 3.63) is 70.9 Å². The Morgan fingerprint density at radius 3 is 2.52 bits per heavy atom. The zero-order valence-electron chi connectivity index (χ0n) is 17.3. The van der Waals surface area contributed by atoms with Crippen molar-refractivity contribution in [3.63, 3.8) is 0 Å². The molecule has 31 heavy (non-hydrogen) atoms. The quantitative estimate of drug-likeness (QED) is 0.589. The highest BCUT2D eigenvalue weighted by Gasteiger charge is 2.29. The van der Waals surface area contributed by atoms with Crippen molar-refractivity contribution in [2.75, 3.05) is 25.9 Å². The summed E-state index contributed by atoms with van der Waals surface area (Å²) in [6, 6.07) is 15.8. The number of para-hydroxylation sites is 1. The number of sulfonamides is 1. The second kappa shape index (κ2) is 9.02. The van der Waals surface area contributed by atoms with Gasteiger partial charge in [0, 0.05) is 53.6 Å². The molecule has 8 heteroatoms. The van der Waals surface area contributed by atoms with Crippen LogP contribution in [0.3, 0.4) is 0 Å². The Hall–Kier alpha value is -2.35. The minimum absolute atomic E-state index is 0.0370. The Morgan fingerprint density at radius 2 is 1.81 bits per heavy atom. The van der Waals surface area contributed by atoms with Crippen molar-refractivity contribution in [3.8, 4) is 0 Å².